The summed E-state index contributed by atoms with van der Waals surface area (Å²) in [4.78, 5) is 0. The van der Waals surface area contributed by atoms with Crippen molar-refractivity contribution in [3.05, 3.63) is 0 Å². The summed E-state index contributed by atoms with van der Waals surface area (Å²) in [7, 11) is 1.75. The second kappa shape index (κ2) is 3.18. The molecule has 0 aromatic carbocycles. The zero-order valence-electron chi connectivity index (χ0n) is 6.18. The summed E-state index contributed by atoms with van der Waals surface area (Å²) in [5.41, 5.74) is 0. The van der Waals surface area contributed by atoms with Crippen molar-refractivity contribution in [2.24, 2.45) is 0 Å². The lowest BCUT2D eigenvalue weighted by atomic mass is 10.2. The van der Waals surface area contributed by atoms with Crippen LogP contribution in [0, 0.1) is 0 Å². The first-order valence-electron chi connectivity index (χ1n) is 3.67. The summed E-state index contributed by atoms with van der Waals surface area (Å²) >= 11 is 0. The monoisotopic (exact) mass is 129 g/mol. The normalized spacial score (nSPS) is 32.7. The number of nitrogens with one attached hydrogen (secondary N) is 1. The summed E-state index contributed by atoms with van der Waals surface area (Å²) in [6.07, 6.45) is 4.25. The molecule has 2 atom stereocenters. The Labute approximate surface area is 56.6 Å². The second-order valence-electron chi connectivity index (χ2n) is 2.57. The van der Waals surface area contributed by atoms with E-state index in [1.165, 1.54) is 19.3 Å². The molecule has 1 fully saturated rings. The standard InChI is InChI=1S/C7H15NO/c1-3-4-5-6-7(8-6)9-2/h6-8H,3-5H2,1-2H3. The fourth-order valence-corrected chi connectivity index (χ4v) is 1.05. The first-order chi connectivity index (χ1) is 4.38. The van der Waals surface area contributed by atoms with E-state index < -0.39 is 0 Å². The predicted molar refractivity (Wildman–Crippen MR) is 37.2 cm³/mol. The number of ether oxygens (including phenoxy) is 1. The summed E-state index contributed by atoms with van der Waals surface area (Å²) < 4.78 is 5.06. The number of hydrogen-bond donors (Lipinski definition) is 1. The first kappa shape index (κ1) is 7.03. The van der Waals surface area contributed by atoms with Gasteiger partial charge in [0, 0.05) is 13.2 Å². The van der Waals surface area contributed by atoms with E-state index in [2.05, 4.69) is 12.2 Å². The fourth-order valence-electron chi connectivity index (χ4n) is 1.05. The Balaban J connectivity index is 1.92. The number of rotatable bonds is 4. The highest BCUT2D eigenvalue weighted by molar-refractivity contribution is 4.89. The third-order valence-corrected chi connectivity index (χ3v) is 1.76. The van der Waals surface area contributed by atoms with Gasteiger partial charge in [0.2, 0.25) is 0 Å². The van der Waals surface area contributed by atoms with Gasteiger partial charge in [0.15, 0.2) is 0 Å². The van der Waals surface area contributed by atoms with E-state index in [0.29, 0.717) is 12.3 Å². The second-order valence-corrected chi connectivity index (χ2v) is 2.57. The highest BCUT2D eigenvalue weighted by atomic mass is 16.5. The van der Waals surface area contributed by atoms with Crippen molar-refractivity contribution in [3.8, 4) is 0 Å². The number of unbranched alkanes of at least 4 members (excludes halogenated alkanes) is 1. The molecule has 2 heteroatoms. The fraction of sp³-hybridized carbons (Fsp3) is 1.00. The van der Waals surface area contributed by atoms with Crippen LogP contribution in [0.25, 0.3) is 0 Å². The van der Waals surface area contributed by atoms with Gasteiger partial charge < -0.3 is 4.74 Å². The van der Waals surface area contributed by atoms with E-state index >= 15 is 0 Å². The molecule has 1 rings (SSSR count). The molecule has 1 heterocycles. The van der Waals surface area contributed by atoms with Crippen molar-refractivity contribution >= 4 is 0 Å². The van der Waals surface area contributed by atoms with Gasteiger partial charge in [-0.2, -0.15) is 0 Å². The SMILES string of the molecule is CCCCC1NC1OC. The molecular weight excluding hydrogens is 114 g/mol. The third-order valence-electron chi connectivity index (χ3n) is 1.76. The molecule has 0 aliphatic carbocycles. The Kier molecular flexibility index (Phi) is 2.49. The maximum absolute atomic E-state index is 5.06. The highest BCUT2D eigenvalue weighted by Gasteiger charge is 2.34. The van der Waals surface area contributed by atoms with E-state index in [1.54, 1.807) is 7.11 Å². The number of methoxy groups -OCH3 is 1. The third kappa shape index (κ3) is 1.95. The van der Waals surface area contributed by atoms with Gasteiger partial charge in [-0.1, -0.05) is 19.8 Å². The minimum Gasteiger partial charge on any atom is -0.365 e. The molecule has 0 bridgehead atoms. The van der Waals surface area contributed by atoms with Crippen LogP contribution >= 0.6 is 0 Å². The first-order valence-corrected chi connectivity index (χ1v) is 3.67. The molecule has 0 amide bonds. The lowest BCUT2D eigenvalue weighted by molar-refractivity contribution is 0.171. The molecule has 0 aromatic heterocycles. The van der Waals surface area contributed by atoms with Gasteiger partial charge in [-0.3, -0.25) is 5.32 Å². The van der Waals surface area contributed by atoms with Crippen LogP contribution in [-0.4, -0.2) is 19.4 Å². The van der Waals surface area contributed by atoms with E-state index in [4.69, 9.17) is 4.74 Å². The van der Waals surface area contributed by atoms with E-state index in [-0.39, 0.29) is 0 Å². The van der Waals surface area contributed by atoms with Gasteiger partial charge in [-0.15, -0.1) is 0 Å². The Morgan fingerprint density at radius 1 is 1.56 bits per heavy atom. The number of hydrogen-bond acceptors (Lipinski definition) is 2. The van der Waals surface area contributed by atoms with Crippen LogP contribution in [-0.2, 0) is 4.74 Å². The van der Waals surface area contributed by atoms with E-state index in [1.807, 2.05) is 0 Å². The maximum atomic E-state index is 5.06. The van der Waals surface area contributed by atoms with Gasteiger partial charge in [0.05, 0.1) is 0 Å². The molecule has 0 aromatic rings. The zero-order valence-corrected chi connectivity index (χ0v) is 6.18. The van der Waals surface area contributed by atoms with Crippen molar-refractivity contribution in [2.45, 2.75) is 38.5 Å². The Bertz CT molecular complexity index is 85.0. The van der Waals surface area contributed by atoms with Crippen molar-refractivity contribution < 1.29 is 4.74 Å². The molecule has 0 saturated carbocycles. The minimum absolute atomic E-state index is 0.372. The Hall–Kier alpha value is -0.0800. The molecule has 2 nitrogen and oxygen atoms in total. The van der Waals surface area contributed by atoms with Gasteiger partial charge in [-0.25, -0.2) is 0 Å². The van der Waals surface area contributed by atoms with Crippen LogP contribution in [0.4, 0.5) is 0 Å². The largest absolute Gasteiger partial charge is 0.365 e. The van der Waals surface area contributed by atoms with Crippen molar-refractivity contribution in [1.82, 2.24) is 5.32 Å². The van der Waals surface area contributed by atoms with Gasteiger partial charge in [-0.05, 0) is 6.42 Å². The van der Waals surface area contributed by atoms with E-state index in [0.717, 1.165) is 0 Å². The molecule has 0 spiro atoms. The van der Waals surface area contributed by atoms with Crippen LogP contribution in [0.2, 0.25) is 0 Å². The summed E-state index contributed by atoms with van der Waals surface area (Å²) in [5, 5.41) is 3.23. The van der Waals surface area contributed by atoms with Crippen molar-refractivity contribution in [2.75, 3.05) is 7.11 Å². The lowest BCUT2D eigenvalue weighted by Crippen LogP contribution is -1.94. The van der Waals surface area contributed by atoms with Crippen molar-refractivity contribution in [3.63, 3.8) is 0 Å². The summed E-state index contributed by atoms with van der Waals surface area (Å²) in [5.74, 6) is 0. The van der Waals surface area contributed by atoms with Crippen LogP contribution in [0.5, 0.6) is 0 Å². The lowest BCUT2D eigenvalue weighted by Gasteiger charge is -1.91. The summed E-state index contributed by atoms with van der Waals surface area (Å²) in [6.45, 7) is 2.21. The molecular formula is C7H15NO. The summed E-state index contributed by atoms with van der Waals surface area (Å²) in [6, 6.07) is 0.662. The smallest absolute Gasteiger partial charge is 0.123 e. The quantitative estimate of drug-likeness (QED) is 0.577. The highest BCUT2D eigenvalue weighted by Crippen LogP contribution is 2.17. The molecule has 1 N–H and O–H groups in total. The molecule has 0 radical (unpaired) electrons. The van der Waals surface area contributed by atoms with Crippen LogP contribution in [0.1, 0.15) is 26.2 Å². The van der Waals surface area contributed by atoms with Crippen molar-refractivity contribution in [1.29, 1.82) is 0 Å². The molecule has 2 unspecified atom stereocenters. The average Bonchev–Trinajstić information content (AvgIpc) is 2.62. The van der Waals surface area contributed by atoms with Crippen LogP contribution in [0.15, 0.2) is 0 Å². The van der Waals surface area contributed by atoms with Gasteiger partial charge in [0.25, 0.3) is 0 Å². The average molecular weight is 129 g/mol. The Morgan fingerprint density at radius 2 is 2.33 bits per heavy atom. The van der Waals surface area contributed by atoms with E-state index in [9.17, 15) is 0 Å². The zero-order chi connectivity index (χ0) is 6.69. The molecule has 1 aliphatic rings. The van der Waals surface area contributed by atoms with Gasteiger partial charge in [0.1, 0.15) is 6.23 Å². The molecule has 1 aliphatic heterocycles. The molecule has 9 heavy (non-hydrogen) atoms. The van der Waals surface area contributed by atoms with Gasteiger partial charge >= 0.3 is 0 Å². The van der Waals surface area contributed by atoms with Crippen LogP contribution in [0.3, 0.4) is 0 Å². The topological polar surface area (TPSA) is 31.2 Å². The molecule has 1 saturated heterocycles. The molecule has 54 valence electrons. The van der Waals surface area contributed by atoms with Crippen LogP contribution < -0.4 is 5.32 Å². The minimum atomic E-state index is 0.372. The Morgan fingerprint density at radius 3 is 2.78 bits per heavy atom. The predicted octanol–water partition coefficient (Wildman–Crippen LogP) is 1.12. The maximum Gasteiger partial charge on any atom is 0.123 e.